The zero-order chi connectivity index (χ0) is 14.1. The number of fused-ring (bicyclic) bond motifs is 2. The third-order valence-electron chi connectivity index (χ3n) is 3.92. The molecule has 0 bridgehead atoms. The van der Waals surface area contributed by atoms with Crippen LogP contribution in [0.25, 0.3) is 21.7 Å². The minimum absolute atomic E-state index is 0.831. The van der Waals surface area contributed by atoms with E-state index in [-0.39, 0.29) is 0 Å². The van der Waals surface area contributed by atoms with Gasteiger partial charge in [-0.3, -0.25) is 0 Å². The van der Waals surface area contributed by atoms with Crippen molar-refractivity contribution in [2.45, 2.75) is 6.54 Å². The van der Waals surface area contributed by atoms with Crippen LogP contribution in [0.4, 0.5) is 5.69 Å². The number of aromatic nitrogens is 1. The van der Waals surface area contributed by atoms with E-state index in [4.69, 9.17) is 0 Å². The van der Waals surface area contributed by atoms with Crippen molar-refractivity contribution in [3.05, 3.63) is 78.5 Å². The quantitative estimate of drug-likeness (QED) is 0.543. The molecule has 1 aromatic heterocycles. The summed E-state index contributed by atoms with van der Waals surface area (Å²) in [5.74, 6) is 0. The van der Waals surface area contributed by atoms with Crippen molar-refractivity contribution >= 4 is 27.4 Å². The Balaban J connectivity index is 1.63. The molecule has 2 heteroatoms. The summed E-state index contributed by atoms with van der Waals surface area (Å²) < 4.78 is 0. The van der Waals surface area contributed by atoms with Crippen LogP contribution in [0.3, 0.4) is 0 Å². The lowest BCUT2D eigenvalue weighted by molar-refractivity contribution is 1.17. The van der Waals surface area contributed by atoms with Crippen LogP contribution in [-0.2, 0) is 6.54 Å². The Labute approximate surface area is 123 Å². The number of anilines is 1. The van der Waals surface area contributed by atoms with Gasteiger partial charge in [0.1, 0.15) is 0 Å². The van der Waals surface area contributed by atoms with Crippen molar-refractivity contribution in [3.8, 4) is 0 Å². The average Bonchev–Trinajstić information content (AvgIpc) is 3.00. The van der Waals surface area contributed by atoms with Gasteiger partial charge in [0.25, 0.3) is 0 Å². The lowest BCUT2D eigenvalue weighted by Crippen LogP contribution is -1.99. The summed E-state index contributed by atoms with van der Waals surface area (Å²) >= 11 is 0. The fourth-order valence-corrected chi connectivity index (χ4v) is 2.81. The van der Waals surface area contributed by atoms with Crippen molar-refractivity contribution in [1.29, 1.82) is 0 Å². The van der Waals surface area contributed by atoms with E-state index in [1.54, 1.807) is 0 Å². The third-order valence-corrected chi connectivity index (χ3v) is 3.92. The molecule has 3 aromatic carbocycles. The van der Waals surface area contributed by atoms with Crippen LogP contribution < -0.4 is 5.32 Å². The molecule has 0 saturated carbocycles. The standard InChI is InChI=1S/C19H16N2/c1-2-7-18-14(4-1)5-3-6-16(18)13-21-17-8-9-19-15(12-17)10-11-20-19/h1-12,20-21H,13H2. The smallest absolute Gasteiger partial charge is 0.0455 e. The molecule has 0 spiro atoms. The summed E-state index contributed by atoms with van der Waals surface area (Å²) in [5, 5.41) is 7.36. The Hall–Kier alpha value is -2.74. The maximum Gasteiger partial charge on any atom is 0.0455 e. The molecule has 0 aliphatic rings. The lowest BCUT2D eigenvalue weighted by Gasteiger charge is -2.09. The van der Waals surface area contributed by atoms with Gasteiger partial charge >= 0.3 is 0 Å². The van der Waals surface area contributed by atoms with Crippen molar-refractivity contribution < 1.29 is 0 Å². The summed E-state index contributed by atoms with van der Waals surface area (Å²) in [5.41, 5.74) is 3.64. The van der Waals surface area contributed by atoms with Gasteiger partial charge in [0.05, 0.1) is 0 Å². The van der Waals surface area contributed by atoms with Crippen molar-refractivity contribution in [3.63, 3.8) is 0 Å². The molecule has 0 aliphatic carbocycles. The lowest BCUT2D eigenvalue weighted by atomic mass is 10.0. The summed E-state index contributed by atoms with van der Waals surface area (Å²) in [6.07, 6.45) is 1.97. The summed E-state index contributed by atoms with van der Waals surface area (Å²) in [4.78, 5) is 3.22. The second-order valence-corrected chi connectivity index (χ2v) is 5.27. The maximum absolute atomic E-state index is 3.52. The summed E-state index contributed by atoms with van der Waals surface area (Å²) in [6.45, 7) is 0.831. The van der Waals surface area contributed by atoms with Gasteiger partial charge in [-0.15, -0.1) is 0 Å². The van der Waals surface area contributed by atoms with Gasteiger partial charge < -0.3 is 10.3 Å². The third kappa shape index (κ3) is 2.25. The van der Waals surface area contributed by atoms with E-state index < -0.39 is 0 Å². The highest BCUT2D eigenvalue weighted by atomic mass is 14.9. The molecule has 2 N–H and O–H groups in total. The molecule has 1 heterocycles. The van der Waals surface area contributed by atoms with Gasteiger partial charge in [-0.25, -0.2) is 0 Å². The normalized spacial score (nSPS) is 11.0. The first-order valence-electron chi connectivity index (χ1n) is 7.18. The van der Waals surface area contributed by atoms with Crippen LogP contribution in [0.2, 0.25) is 0 Å². The number of aromatic amines is 1. The molecule has 0 saturated heterocycles. The Morgan fingerprint density at radius 3 is 2.71 bits per heavy atom. The van der Waals surface area contributed by atoms with Gasteiger partial charge in [0, 0.05) is 29.3 Å². The number of rotatable bonds is 3. The highest BCUT2D eigenvalue weighted by Crippen LogP contribution is 2.21. The van der Waals surface area contributed by atoms with Gasteiger partial charge in [0.15, 0.2) is 0 Å². The van der Waals surface area contributed by atoms with E-state index in [1.165, 1.54) is 27.2 Å². The molecule has 0 atom stereocenters. The molecular weight excluding hydrogens is 256 g/mol. The van der Waals surface area contributed by atoms with Crippen LogP contribution >= 0.6 is 0 Å². The van der Waals surface area contributed by atoms with Crippen LogP contribution in [0.1, 0.15) is 5.56 Å². The van der Waals surface area contributed by atoms with E-state index in [0.29, 0.717) is 0 Å². The highest BCUT2D eigenvalue weighted by Gasteiger charge is 2.01. The van der Waals surface area contributed by atoms with Crippen molar-refractivity contribution in [2.75, 3.05) is 5.32 Å². The van der Waals surface area contributed by atoms with Crippen LogP contribution in [0.5, 0.6) is 0 Å². The summed E-state index contributed by atoms with van der Waals surface area (Å²) in [7, 11) is 0. The van der Waals surface area contributed by atoms with E-state index in [1.807, 2.05) is 6.20 Å². The first kappa shape index (κ1) is 12.0. The molecule has 21 heavy (non-hydrogen) atoms. The molecule has 0 radical (unpaired) electrons. The molecule has 0 fully saturated rings. The fraction of sp³-hybridized carbons (Fsp3) is 0.0526. The zero-order valence-corrected chi connectivity index (χ0v) is 11.6. The second kappa shape index (κ2) is 4.98. The fourth-order valence-electron chi connectivity index (χ4n) is 2.81. The number of hydrogen-bond donors (Lipinski definition) is 2. The van der Waals surface area contributed by atoms with Crippen LogP contribution in [0.15, 0.2) is 72.9 Å². The maximum atomic E-state index is 3.52. The van der Waals surface area contributed by atoms with Gasteiger partial charge in [0.2, 0.25) is 0 Å². The zero-order valence-electron chi connectivity index (χ0n) is 11.6. The molecule has 0 amide bonds. The van der Waals surface area contributed by atoms with Crippen LogP contribution in [0, 0.1) is 0 Å². The monoisotopic (exact) mass is 272 g/mol. The van der Waals surface area contributed by atoms with Crippen molar-refractivity contribution in [1.82, 2.24) is 4.98 Å². The molecule has 0 unspecified atom stereocenters. The van der Waals surface area contributed by atoms with Gasteiger partial charge in [-0.05, 0) is 40.6 Å². The van der Waals surface area contributed by atoms with Crippen LogP contribution in [-0.4, -0.2) is 4.98 Å². The minimum Gasteiger partial charge on any atom is -0.381 e. The van der Waals surface area contributed by atoms with E-state index in [0.717, 1.165) is 12.2 Å². The van der Waals surface area contributed by atoms with E-state index in [2.05, 4.69) is 77.0 Å². The number of benzene rings is 3. The SMILES string of the molecule is c1ccc2c(CNc3ccc4[nH]ccc4c3)cccc2c1. The minimum atomic E-state index is 0.831. The van der Waals surface area contributed by atoms with E-state index >= 15 is 0 Å². The number of H-pyrrole nitrogens is 1. The largest absolute Gasteiger partial charge is 0.381 e. The van der Waals surface area contributed by atoms with Gasteiger partial charge in [-0.1, -0.05) is 42.5 Å². The Kier molecular flexibility index (Phi) is 2.86. The van der Waals surface area contributed by atoms with E-state index in [9.17, 15) is 0 Å². The first-order chi connectivity index (χ1) is 10.4. The molecule has 0 aliphatic heterocycles. The molecule has 4 rings (SSSR count). The predicted molar refractivity (Wildman–Crippen MR) is 89.6 cm³/mol. The average molecular weight is 272 g/mol. The molecular formula is C19H16N2. The topological polar surface area (TPSA) is 27.8 Å². The predicted octanol–water partition coefficient (Wildman–Crippen LogP) is 4.93. The molecule has 102 valence electrons. The summed E-state index contributed by atoms with van der Waals surface area (Å²) in [6, 6.07) is 23.5. The highest BCUT2D eigenvalue weighted by molar-refractivity contribution is 5.86. The number of nitrogens with one attached hydrogen (secondary N) is 2. The Morgan fingerprint density at radius 1 is 0.810 bits per heavy atom. The molecule has 2 nitrogen and oxygen atoms in total. The Morgan fingerprint density at radius 2 is 1.71 bits per heavy atom. The first-order valence-corrected chi connectivity index (χ1v) is 7.18. The van der Waals surface area contributed by atoms with Crippen molar-refractivity contribution in [2.24, 2.45) is 0 Å². The number of hydrogen-bond acceptors (Lipinski definition) is 1. The second-order valence-electron chi connectivity index (χ2n) is 5.27. The van der Waals surface area contributed by atoms with Gasteiger partial charge in [-0.2, -0.15) is 0 Å². The Bertz CT molecular complexity index is 900. The molecule has 4 aromatic rings.